The van der Waals surface area contributed by atoms with Gasteiger partial charge in [-0.1, -0.05) is 22.9 Å². The van der Waals surface area contributed by atoms with E-state index in [1.165, 1.54) is 43.1 Å². The van der Waals surface area contributed by atoms with Gasteiger partial charge in [-0.25, -0.2) is 9.79 Å². The number of carbonyl (C=O) groups excluding carboxylic acids is 1. The average molecular weight is 576 g/mol. The van der Waals surface area contributed by atoms with Gasteiger partial charge in [0.1, 0.15) is 0 Å². The number of fused-ring (bicyclic) bond motifs is 1. The van der Waals surface area contributed by atoms with Gasteiger partial charge in [0.25, 0.3) is 5.56 Å². The normalized spacial score (nSPS) is 15.0. The zero-order valence-electron chi connectivity index (χ0n) is 21.1. The number of phenolic OH excluding ortho intramolecular Hbond substituents is 2. The minimum atomic E-state index is -1.04. The number of hydrogen-bond acceptors (Lipinski definition) is 11. The second kappa shape index (κ2) is 10.8. The van der Waals surface area contributed by atoms with Gasteiger partial charge in [-0.05, 0) is 49.2 Å². The number of aromatic nitrogens is 1. The van der Waals surface area contributed by atoms with Crippen LogP contribution in [0.1, 0.15) is 31.0 Å². The first-order valence-corrected chi connectivity index (χ1v) is 12.5. The molecule has 2 heterocycles. The summed E-state index contributed by atoms with van der Waals surface area (Å²) in [5, 5.41) is 31.7. The molecular weight excluding hydrogens is 554 g/mol. The molecule has 2 aromatic carbocycles. The highest BCUT2D eigenvalue weighted by Crippen LogP contribution is 2.40. The number of thiazole rings is 1. The first kappa shape index (κ1) is 27.7. The number of nitro groups is 1. The molecule has 204 valence electrons. The monoisotopic (exact) mass is 575 g/mol. The lowest BCUT2D eigenvalue weighted by molar-refractivity contribution is -0.386. The van der Waals surface area contributed by atoms with Crippen LogP contribution < -0.4 is 24.4 Å². The summed E-state index contributed by atoms with van der Waals surface area (Å²) in [5.74, 6) is -1.76. The number of esters is 1. The molecule has 14 heteroatoms. The summed E-state index contributed by atoms with van der Waals surface area (Å²) < 4.78 is 16.9. The van der Waals surface area contributed by atoms with E-state index >= 15 is 0 Å². The van der Waals surface area contributed by atoms with Crippen molar-refractivity contribution >= 4 is 40.7 Å². The van der Waals surface area contributed by atoms with Crippen LogP contribution in [0.25, 0.3) is 6.08 Å². The third-order valence-corrected chi connectivity index (χ3v) is 7.17. The molecule has 39 heavy (non-hydrogen) atoms. The number of phenols is 2. The van der Waals surface area contributed by atoms with Crippen molar-refractivity contribution in [3.63, 3.8) is 0 Å². The number of carbonyl (C=O) groups is 1. The molecule has 0 unspecified atom stereocenters. The lowest BCUT2D eigenvalue weighted by atomic mass is 9.95. The molecule has 1 atom stereocenters. The molecule has 12 nitrogen and oxygen atoms in total. The van der Waals surface area contributed by atoms with Crippen LogP contribution in [0, 0.1) is 10.1 Å². The van der Waals surface area contributed by atoms with Crippen molar-refractivity contribution in [1.82, 2.24) is 4.57 Å². The van der Waals surface area contributed by atoms with E-state index in [2.05, 4.69) is 4.99 Å². The minimum absolute atomic E-state index is 0.0287. The third-order valence-electron chi connectivity index (χ3n) is 5.89. The SMILES string of the molecule is CCOC(=O)C1=C(C)N=c2s/c(=C/c3cc(OC)c(O)c([N+](=O)[O-])c3)c(=O)n2[C@H]1c1cc(Cl)c(O)c(OC)c1. The molecule has 0 aliphatic carbocycles. The lowest BCUT2D eigenvalue weighted by Crippen LogP contribution is -2.40. The highest BCUT2D eigenvalue weighted by atomic mass is 35.5. The number of hydrogen-bond donors (Lipinski definition) is 2. The first-order valence-electron chi connectivity index (χ1n) is 11.3. The Morgan fingerprint density at radius 1 is 1.21 bits per heavy atom. The van der Waals surface area contributed by atoms with E-state index in [1.807, 2.05) is 0 Å². The molecule has 0 amide bonds. The van der Waals surface area contributed by atoms with Crippen LogP contribution in [-0.2, 0) is 9.53 Å². The van der Waals surface area contributed by atoms with Crippen LogP contribution in [0.5, 0.6) is 23.0 Å². The van der Waals surface area contributed by atoms with E-state index in [9.17, 15) is 29.9 Å². The molecule has 0 saturated carbocycles. The molecule has 0 radical (unpaired) electrons. The fraction of sp³-hybridized carbons (Fsp3) is 0.240. The van der Waals surface area contributed by atoms with Crippen LogP contribution in [0.2, 0.25) is 5.02 Å². The Labute approximate surface area is 229 Å². The summed E-state index contributed by atoms with van der Waals surface area (Å²) in [5.41, 5.74) is -0.207. The molecule has 4 rings (SSSR count). The third kappa shape index (κ3) is 4.93. The van der Waals surface area contributed by atoms with Gasteiger partial charge in [-0.3, -0.25) is 19.5 Å². The standard InChI is InChI=1S/C25H22ClN3O9S/c1-5-38-24(33)19-11(2)27-25-28(20(19)13-9-14(26)21(30)17(10-13)37-4)23(32)18(39-25)8-12-6-15(29(34)35)22(31)16(7-12)36-3/h6-10,20,30-31H,5H2,1-4H3/b18-8+/t20-/m0/s1. The Hall–Kier alpha value is -4.36. The van der Waals surface area contributed by atoms with Gasteiger partial charge < -0.3 is 24.4 Å². The maximum absolute atomic E-state index is 13.8. The zero-order chi connectivity index (χ0) is 28.6. The van der Waals surface area contributed by atoms with Crippen molar-refractivity contribution in [2.24, 2.45) is 4.99 Å². The first-order chi connectivity index (χ1) is 18.5. The van der Waals surface area contributed by atoms with Crippen molar-refractivity contribution in [3.8, 4) is 23.0 Å². The molecule has 0 bridgehead atoms. The Balaban J connectivity index is 2.01. The van der Waals surface area contributed by atoms with Crippen molar-refractivity contribution < 1.29 is 34.1 Å². The maximum Gasteiger partial charge on any atom is 0.338 e. The van der Waals surface area contributed by atoms with Gasteiger partial charge >= 0.3 is 11.7 Å². The molecule has 2 N–H and O–H groups in total. The Morgan fingerprint density at radius 3 is 2.49 bits per heavy atom. The van der Waals surface area contributed by atoms with Crippen molar-refractivity contribution in [3.05, 3.63) is 81.5 Å². The van der Waals surface area contributed by atoms with Gasteiger partial charge in [-0.2, -0.15) is 0 Å². The molecule has 1 aliphatic heterocycles. The number of allylic oxidation sites excluding steroid dienone is 1. The average Bonchev–Trinajstić information content (AvgIpc) is 3.19. The minimum Gasteiger partial charge on any atom is -0.503 e. The van der Waals surface area contributed by atoms with Gasteiger partial charge in [0.15, 0.2) is 22.0 Å². The van der Waals surface area contributed by atoms with Crippen LogP contribution in [0.15, 0.2) is 45.3 Å². The Bertz CT molecular complexity index is 1730. The largest absolute Gasteiger partial charge is 0.503 e. The molecule has 3 aromatic rings. The van der Waals surface area contributed by atoms with Gasteiger partial charge in [0.2, 0.25) is 5.75 Å². The lowest BCUT2D eigenvalue weighted by Gasteiger charge is -2.25. The van der Waals surface area contributed by atoms with E-state index in [-0.39, 0.29) is 49.3 Å². The van der Waals surface area contributed by atoms with Crippen molar-refractivity contribution in [1.29, 1.82) is 0 Å². The summed E-state index contributed by atoms with van der Waals surface area (Å²) >= 11 is 7.23. The number of methoxy groups -OCH3 is 2. The fourth-order valence-electron chi connectivity index (χ4n) is 4.16. The van der Waals surface area contributed by atoms with Crippen LogP contribution in [0.4, 0.5) is 5.69 Å². The number of nitro benzene ring substituents is 1. The quantitative estimate of drug-likeness (QED) is 0.245. The summed E-state index contributed by atoms with van der Waals surface area (Å²) in [4.78, 5) is 42.2. The van der Waals surface area contributed by atoms with E-state index < -0.39 is 33.9 Å². The predicted octanol–water partition coefficient (Wildman–Crippen LogP) is 2.79. The number of halogens is 1. The summed E-state index contributed by atoms with van der Waals surface area (Å²) in [6, 6.07) is 4.27. The van der Waals surface area contributed by atoms with Gasteiger partial charge in [0.05, 0.1) is 52.6 Å². The number of ether oxygens (including phenoxy) is 3. The highest BCUT2D eigenvalue weighted by Gasteiger charge is 2.34. The molecule has 1 aromatic heterocycles. The smallest absolute Gasteiger partial charge is 0.338 e. The molecular formula is C25H22ClN3O9S. The molecule has 1 aliphatic rings. The maximum atomic E-state index is 13.8. The Kier molecular flexibility index (Phi) is 7.65. The van der Waals surface area contributed by atoms with Crippen molar-refractivity contribution in [2.75, 3.05) is 20.8 Å². The fourth-order valence-corrected chi connectivity index (χ4v) is 5.42. The van der Waals surface area contributed by atoms with Crippen LogP contribution in [0.3, 0.4) is 0 Å². The number of aromatic hydroxyl groups is 2. The second-order valence-corrected chi connectivity index (χ2v) is 9.62. The zero-order valence-corrected chi connectivity index (χ0v) is 22.6. The second-order valence-electron chi connectivity index (χ2n) is 8.20. The summed E-state index contributed by atoms with van der Waals surface area (Å²) in [6.45, 7) is 3.32. The van der Waals surface area contributed by atoms with Crippen LogP contribution in [-0.4, -0.2) is 46.5 Å². The molecule has 0 fully saturated rings. The molecule has 0 saturated heterocycles. The summed E-state index contributed by atoms with van der Waals surface area (Å²) in [6.07, 6.45) is 1.39. The van der Waals surface area contributed by atoms with E-state index in [4.69, 9.17) is 25.8 Å². The van der Waals surface area contributed by atoms with E-state index in [1.54, 1.807) is 13.8 Å². The van der Waals surface area contributed by atoms with Gasteiger partial charge in [-0.15, -0.1) is 0 Å². The number of nitrogens with zero attached hydrogens (tertiary/aromatic N) is 3. The predicted molar refractivity (Wildman–Crippen MR) is 141 cm³/mol. The highest BCUT2D eigenvalue weighted by molar-refractivity contribution is 7.07. The van der Waals surface area contributed by atoms with E-state index in [0.29, 0.717) is 11.3 Å². The van der Waals surface area contributed by atoms with Crippen LogP contribution >= 0.6 is 22.9 Å². The molecule has 0 spiro atoms. The van der Waals surface area contributed by atoms with Crippen molar-refractivity contribution in [2.45, 2.75) is 19.9 Å². The number of rotatable bonds is 7. The topological polar surface area (TPSA) is 163 Å². The Morgan fingerprint density at radius 2 is 1.87 bits per heavy atom. The van der Waals surface area contributed by atoms with Gasteiger partial charge in [0, 0.05) is 6.07 Å². The van der Waals surface area contributed by atoms with E-state index in [0.717, 1.165) is 17.4 Å². The number of benzene rings is 2. The summed E-state index contributed by atoms with van der Waals surface area (Å²) in [7, 11) is 2.58.